The molecular formula is C30H37ClN4O4. The smallest absolute Gasteiger partial charge is 0.275 e. The second-order valence-corrected chi connectivity index (χ2v) is 10.9. The summed E-state index contributed by atoms with van der Waals surface area (Å²) in [4.78, 5) is 20.8. The Balaban J connectivity index is 1.42. The zero-order valence-corrected chi connectivity index (χ0v) is 23.1. The van der Waals surface area contributed by atoms with Crippen LogP contribution >= 0.6 is 11.6 Å². The van der Waals surface area contributed by atoms with Crippen molar-refractivity contribution in [1.29, 1.82) is 0 Å². The van der Waals surface area contributed by atoms with E-state index in [0.29, 0.717) is 43.3 Å². The lowest BCUT2D eigenvalue weighted by molar-refractivity contribution is -0.0893. The monoisotopic (exact) mass is 552 g/mol. The number of ether oxygens (including phenoxy) is 2. The summed E-state index contributed by atoms with van der Waals surface area (Å²) in [7, 11) is 1.62. The lowest BCUT2D eigenvalue weighted by Crippen LogP contribution is -2.54. The fourth-order valence-electron chi connectivity index (χ4n) is 5.92. The third-order valence-electron chi connectivity index (χ3n) is 7.88. The number of imidazole rings is 1. The molecule has 1 aliphatic heterocycles. The number of methoxy groups -OCH3 is 1. The number of aromatic nitrogens is 2. The number of nitrogens with zero attached hydrogens (tertiary/aromatic N) is 3. The van der Waals surface area contributed by atoms with E-state index in [-0.39, 0.29) is 24.6 Å². The van der Waals surface area contributed by atoms with Gasteiger partial charge in [0.1, 0.15) is 11.4 Å². The predicted octanol–water partition coefficient (Wildman–Crippen LogP) is 4.58. The normalized spacial score (nSPS) is 23.5. The molecule has 39 heavy (non-hydrogen) atoms. The summed E-state index contributed by atoms with van der Waals surface area (Å²) in [5.41, 5.74) is 1.05. The number of hydrogen-bond acceptors (Lipinski definition) is 6. The van der Waals surface area contributed by atoms with Gasteiger partial charge < -0.3 is 29.4 Å². The maximum Gasteiger partial charge on any atom is 0.275 e. The highest BCUT2D eigenvalue weighted by Crippen LogP contribution is 2.41. The van der Waals surface area contributed by atoms with Crippen molar-refractivity contribution in [2.24, 2.45) is 0 Å². The van der Waals surface area contributed by atoms with Crippen LogP contribution in [0.2, 0.25) is 5.02 Å². The molecule has 1 saturated heterocycles. The van der Waals surface area contributed by atoms with Crippen molar-refractivity contribution in [3.63, 3.8) is 0 Å². The van der Waals surface area contributed by atoms with Gasteiger partial charge in [0, 0.05) is 49.8 Å². The number of aliphatic hydroxyl groups is 1. The van der Waals surface area contributed by atoms with Gasteiger partial charge in [-0.25, -0.2) is 4.98 Å². The van der Waals surface area contributed by atoms with Crippen molar-refractivity contribution in [2.75, 3.05) is 40.0 Å². The summed E-state index contributed by atoms with van der Waals surface area (Å²) in [6.07, 6.45) is 5.79. The van der Waals surface area contributed by atoms with Crippen molar-refractivity contribution in [1.82, 2.24) is 19.8 Å². The first-order chi connectivity index (χ1) is 19.0. The van der Waals surface area contributed by atoms with Gasteiger partial charge in [0.2, 0.25) is 0 Å². The Kier molecular flexibility index (Phi) is 8.87. The minimum atomic E-state index is -1.02. The largest absolute Gasteiger partial charge is 0.494 e. The van der Waals surface area contributed by atoms with Gasteiger partial charge in [0.05, 0.1) is 31.3 Å². The molecule has 0 spiro atoms. The van der Waals surface area contributed by atoms with Crippen molar-refractivity contribution in [3.8, 4) is 17.0 Å². The van der Waals surface area contributed by atoms with E-state index in [4.69, 9.17) is 26.1 Å². The number of benzene rings is 2. The third-order valence-corrected chi connectivity index (χ3v) is 8.13. The Morgan fingerprint density at radius 2 is 1.97 bits per heavy atom. The van der Waals surface area contributed by atoms with Gasteiger partial charge in [-0.2, -0.15) is 0 Å². The van der Waals surface area contributed by atoms with E-state index in [2.05, 4.69) is 5.32 Å². The molecule has 1 saturated carbocycles. The number of piperazine rings is 1. The zero-order chi connectivity index (χ0) is 27.2. The van der Waals surface area contributed by atoms with Crippen LogP contribution in [0.15, 0.2) is 60.9 Å². The minimum Gasteiger partial charge on any atom is -0.494 e. The molecule has 1 aromatic heterocycles. The Morgan fingerprint density at radius 3 is 2.74 bits per heavy atom. The Bertz CT molecular complexity index is 1230. The fourth-order valence-corrected chi connectivity index (χ4v) is 6.05. The Hall–Kier alpha value is -2.91. The van der Waals surface area contributed by atoms with E-state index in [9.17, 15) is 9.90 Å². The molecule has 2 aliphatic rings. The molecule has 1 amide bonds. The van der Waals surface area contributed by atoms with Crippen LogP contribution in [0, 0.1) is 0 Å². The first kappa shape index (κ1) is 27.6. The van der Waals surface area contributed by atoms with Gasteiger partial charge in [-0.1, -0.05) is 54.8 Å². The molecule has 0 unspecified atom stereocenters. The van der Waals surface area contributed by atoms with Gasteiger partial charge in [0.15, 0.2) is 5.69 Å². The number of carbonyl (C=O) groups excluding carboxylic acids is 1. The molecule has 3 aromatic rings. The van der Waals surface area contributed by atoms with Crippen molar-refractivity contribution in [2.45, 2.75) is 49.8 Å². The predicted molar refractivity (Wildman–Crippen MR) is 151 cm³/mol. The quantitative estimate of drug-likeness (QED) is 0.404. The molecule has 208 valence electrons. The molecule has 5 rings (SSSR count). The highest BCUT2D eigenvalue weighted by molar-refractivity contribution is 6.30. The second kappa shape index (κ2) is 12.5. The molecule has 8 nitrogen and oxygen atoms in total. The van der Waals surface area contributed by atoms with E-state index in [1.807, 2.05) is 51.9 Å². The van der Waals surface area contributed by atoms with Crippen LogP contribution in [0.3, 0.4) is 0 Å². The first-order valence-electron chi connectivity index (χ1n) is 13.7. The van der Waals surface area contributed by atoms with E-state index < -0.39 is 5.60 Å². The fraction of sp³-hybridized carbons (Fsp3) is 0.467. The number of rotatable bonds is 9. The van der Waals surface area contributed by atoms with Gasteiger partial charge in [-0.15, -0.1) is 0 Å². The highest BCUT2D eigenvalue weighted by atomic mass is 35.5. The molecule has 2 aromatic carbocycles. The summed E-state index contributed by atoms with van der Waals surface area (Å²) in [5.74, 6) is 0.652. The van der Waals surface area contributed by atoms with Crippen LogP contribution in [-0.4, -0.2) is 77.1 Å². The van der Waals surface area contributed by atoms with Gasteiger partial charge in [-0.05, 0) is 37.1 Å². The third kappa shape index (κ3) is 6.14. The van der Waals surface area contributed by atoms with Crippen LogP contribution in [0.5, 0.6) is 5.75 Å². The Morgan fingerprint density at radius 1 is 1.18 bits per heavy atom. The van der Waals surface area contributed by atoms with Crippen molar-refractivity contribution in [3.05, 3.63) is 71.6 Å². The first-order valence-corrected chi connectivity index (χ1v) is 14.1. The summed E-state index contributed by atoms with van der Waals surface area (Å²) in [6.45, 7) is 2.71. The molecule has 3 atom stereocenters. The average Bonchev–Trinajstić information content (AvgIpc) is 3.39. The number of hydrogen-bond donors (Lipinski definition) is 2. The average molecular weight is 553 g/mol. The summed E-state index contributed by atoms with van der Waals surface area (Å²) in [5, 5.41) is 15.7. The van der Waals surface area contributed by atoms with E-state index in [1.54, 1.807) is 25.6 Å². The molecule has 0 radical (unpaired) electrons. The molecular weight excluding hydrogens is 516 g/mol. The molecule has 2 heterocycles. The number of amides is 1. The molecule has 9 heteroatoms. The van der Waals surface area contributed by atoms with Gasteiger partial charge in [0.25, 0.3) is 5.91 Å². The maximum atomic E-state index is 14.1. The molecule has 0 bridgehead atoms. The van der Waals surface area contributed by atoms with Crippen molar-refractivity contribution < 1.29 is 19.4 Å². The van der Waals surface area contributed by atoms with Crippen LogP contribution < -0.4 is 10.1 Å². The van der Waals surface area contributed by atoms with E-state index in [0.717, 1.165) is 42.8 Å². The lowest BCUT2D eigenvalue weighted by Gasteiger charge is -2.41. The topological polar surface area (TPSA) is 88.8 Å². The van der Waals surface area contributed by atoms with Crippen LogP contribution in [0.25, 0.3) is 11.3 Å². The highest BCUT2D eigenvalue weighted by Gasteiger charge is 2.42. The summed E-state index contributed by atoms with van der Waals surface area (Å²) < 4.78 is 13.4. The number of halogens is 1. The molecule has 2 N–H and O–H groups in total. The van der Waals surface area contributed by atoms with Gasteiger partial charge in [-0.3, -0.25) is 4.79 Å². The van der Waals surface area contributed by atoms with Crippen LogP contribution in [0.4, 0.5) is 0 Å². The summed E-state index contributed by atoms with van der Waals surface area (Å²) in [6, 6.07) is 16.9. The SMILES string of the molecule is COC[C@]1(O)CCCC[C@H]1n1cnc(C(=O)N2CCNC[C@H]2CCOc2ccc(Cl)cc2)c1-c1ccccc1. The Labute approximate surface area is 234 Å². The van der Waals surface area contributed by atoms with Gasteiger partial charge >= 0.3 is 0 Å². The molecule has 2 fully saturated rings. The number of carbonyl (C=O) groups is 1. The molecule has 1 aliphatic carbocycles. The zero-order valence-electron chi connectivity index (χ0n) is 22.4. The number of nitrogens with one attached hydrogen (secondary N) is 1. The van der Waals surface area contributed by atoms with Crippen LogP contribution in [0.1, 0.15) is 48.6 Å². The minimum absolute atomic E-state index is 0.0348. The van der Waals surface area contributed by atoms with Crippen molar-refractivity contribution >= 4 is 17.5 Å². The van der Waals surface area contributed by atoms with Crippen LogP contribution in [-0.2, 0) is 4.74 Å². The second-order valence-electron chi connectivity index (χ2n) is 10.5. The summed E-state index contributed by atoms with van der Waals surface area (Å²) >= 11 is 5.98. The van der Waals surface area contributed by atoms with E-state index in [1.165, 1.54) is 0 Å². The standard InChI is InChI=1S/C30H37ClN4O4/c1-38-20-30(37)15-6-5-9-26(30)35-21-33-27(28(35)22-7-3-2-4-8-22)29(36)34-17-16-32-19-24(34)14-18-39-25-12-10-23(31)11-13-25/h2-4,7-8,10-13,21,24,26,32,37H,5-6,9,14-20H2,1H3/t24-,26-,30-/m1/s1. The van der Waals surface area contributed by atoms with E-state index >= 15 is 0 Å². The lowest BCUT2D eigenvalue weighted by atomic mass is 9.80. The maximum absolute atomic E-state index is 14.1.